The number of ether oxygens (including phenoxy) is 1. The van der Waals surface area contributed by atoms with E-state index in [4.69, 9.17) is 26.9 Å². The predicted octanol–water partition coefficient (Wildman–Crippen LogP) is 4.68. The molecule has 160 valence electrons. The Kier molecular flexibility index (Phi) is 5.75. The van der Waals surface area contributed by atoms with Gasteiger partial charge in [-0.15, -0.1) is 5.10 Å². The van der Waals surface area contributed by atoms with Gasteiger partial charge in [0.25, 0.3) is 0 Å². The van der Waals surface area contributed by atoms with Crippen LogP contribution < -0.4 is 15.3 Å². The lowest BCUT2D eigenvalue weighted by Gasteiger charge is -2.17. The third-order valence-corrected chi connectivity index (χ3v) is 5.07. The number of rotatable bonds is 6. The van der Waals surface area contributed by atoms with E-state index < -0.39 is 11.9 Å². The van der Waals surface area contributed by atoms with Crippen molar-refractivity contribution in [3.8, 4) is 11.5 Å². The highest BCUT2D eigenvalue weighted by molar-refractivity contribution is 6.31. The molecule has 1 atom stereocenters. The highest BCUT2D eigenvalue weighted by atomic mass is 35.5. The van der Waals surface area contributed by atoms with Crippen LogP contribution in [0, 0.1) is 19.7 Å². The maximum Gasteiger partial charge on any atom is 0.169 e. The zero-order chi connectivity index (χ0) is 22.1. The van der Waals surface area contributed by atoms with Crippen LogP contribution in [0.15, 0.2) is 42.7 Å². The number of fused-ring (bicyclic) bond motifs is 1. The van der Waals surface area contributed by atoms with E-state index in [-0.39, 0.29) is 11.6 Å². The fourth-order valence-corrected chi connectivity index (χ4v) is 3.58. The summed E-state index contributed by atoms with van der Waals surface area (Å²) in [6.45, 7) is 5.52. The molecule has 4 rings (SSSR count). The summed E-state index contributed by atoms with van der Waals surface area (Å²) in [5, 5.41) is 5.17. The molecular weight excluding hydrogens is 421 g/mol. The zero-order valence-corrected chi connectivity index (χ0v) is 18.0. The van der Waals surface area contributed by atoms with Crippen molar-refractivity contribution in [2.75, 3.05) is 0 Å². The Labute approximate surface area is 183 Å². The summed E-state index contributed by atoms with van der Waals surface area (Å²) in [7, 11) is 0. The molecule has 0 spiro atoms. The first-order valence-electron chi connectivity index (χ1n) is 9.65. The molecule has 9 heteroatoms. The van der Waals surface area contributed by atoms with Gasteiger partial charge in [0, 0.05) is 28.8 Å². The summed E-state index contributed by atoms with van der Waals surface area (Å²) in [4.78, 5) is 15.8. The Balaban J connectivity index is 1.70. The standard InChI is InChI=1S/C22H21ClFN5O2/c1-12-7-21(31-29-11-26-14(3)28-29)16-5-4-6-20(22(16)27-12)30-10-18-17(13(2)25)8-15(24)9-19(18)23/h4-9,11,13H,10,25H2,1-3H3/t13-/m0/s1. The first-order valence-corrected chi connectivity index (χ1v) is 10.0. The van der Waals surface area contributed by atoms with Crippen molar-refractivity contribution in [1.29, 1.82) is 0 Å². The van der Waals surface area contributed by atoms with Crippen molar-refractivity contribution in [2.45, 2.75) is 33.4 Å². The van der Waals surface area contributed by atoms with Crippen molar-refractivity contribution in [2.24, 2.45) is 5.73 Å². The minimum atomic E-state index is -0.436. The van der Waals surface area contributed by atoms with E-state index in [2.05, 4.69) is 15.1 Å². The summed E-state index contributed by atoms with van der Waals surface area (Å²) < 4.78 is 19.9. The van der Waals surface area contributed by atoms with E-state index in [0.717, 1.165) is 11.1 Å². The largest absolute Gasteiger partial charge is 0.487 e. The van der Waals surface area contributed by atoms with Crippen molar-refractivity contribution in [1.82, 2.24) is 19.9 Å². The van der Waals surface area contributed by atoms with E-state index in [1.165, 1.54) is 23.3 Å². The molecule has 0 aliphatic carbocycles. The van der Waals surface area contributed by atoms with E-state index in [1.54, 1.807) is 19.9 Å². The molecule has 0 bridgehead atoms. The van der Waals surface area contributed by atoms with Gasteiger partial charge in [-0.25, -0.2) is 14.4 Å². The molecule has 2 N–H and O–H groups in total. The quantitative estimate of drug-likeness (QED) is 0.467. The Bertz CT molecular complexity index is 1260. The zero-order valence-electron chi connectivity index (χ0n) is 17.3. The Morgan fingerprint density at radius 1 is 1.19 bits per heavy atom. The number of hydrogen-bond donors (Lipinski definition) is 1. The number of para-hydroxylation sites is 1. The molecule has 2 aromatic heterocycles. The minimum Gasteiger partial charge on any atom is -0.487 e. The van der Waals surface area contributed by atoms with Crippen LogP contribution >= 0.6 is 11.6 Å². The molecule has 2 aromatic carbocycles. The average Bonchev–Trinajstić information content (AvgIpc) is 3.11. The molecule has 2 heterocycles. The Morgan fingerprint density at radius 2 is 2.00 bits per heavy atom. The second-order valence-corrected chi connectivity index (χ2v) is 7.64. The van der Waals surface area contributed by atoms with Gasteiger partial charge < -0.3 is 15.3 Å². The topological polar surface area (TPSA) is 88.1 Å². The Hall–Kier alpha value is -3.23. The van der Waals surface area contributed by atoms with Gasteiger partial charge in [-0.2, -0.15) is 0 Å². The summed E-state index contributed by atoms with van der Waals surface area (Å²) in [6, 6.07) is 9.58. The Morgan fingerprint density at radius 3 is 2.71 bits per heavy atom. The third-order valence-electron chi connectivity index (χ3n) is 4.73. The van der Waals surface area contributed by atoms with Gasteiger partial charge in [0.15, 0.2) is 17.9 Å². The molecule has 0 amide bonds. The second-order valence-electron chi connectivity index (χ2n) is 7.23. The highest BCUT2D eigenvalue weighted by Crippen LogP contribution is 2.33. The molecule has 0 aliphatic heterocycles. The first kappa shape index (κ1) is 21.0. The van der Waals surface area contributed by atoms with Crippen LogP contribution in [0.5, 0.6) is 11.5 Å². The van der Waals surface area contributed by atoms with Crippen LogP contribution in [0.4, 0.5) is 4.39 Å². The maximum absolute atomic E-state index is 13.8. The van der Waals surface area contributed by atoms with Gasteiger partial charge in [0.05, 0.1) is 5.02 Å². The number of aryl methyl sites for hydroxylation is 2. The monoisotopic (exact) mass is 441 g/mol. The molecule has 0 fully saturated rings. The van der Waals surface area contributed by atoms with Crippen LogP contribution in [0.3, 0.4) is 0 Å². The fourth-order valence-electron chi connectivity index (χ4n) is 3.31. The molecular formula is C22H21ClFN5O2. The number of benzene rings is 2. The van der Waals surface area contributed by atoms with Gasteiger partial charge in [-0.1, -0.05) is 22.5 Å². The van der Waals surface area contributed by atoms with Crippen molar-refractivity contribution in [3.63, 3.8) is 0 Å². The average molecular weight is 442 g/mol. The van der Waals surface area contributed by atoms with E-state index in [0.29, 0.717) is 34.0 Å². The van der Waals surface area contributed by atoms with Gasteiger partial charge in [0.1, 0.15) is 23.7 Å². The lowest BCUT2D eigenvalue weighted by Crippen LogP contribution is -2.11. The van der Waals surface area contributed by atoms with Gasteiger partial charge in [-0.3, -0.25) is 0 Å². The van der Waals surface area contributed by atoms with E-state index >= 15 is 0 Å². The van der Waals surface area contributed by atoms with Gasteiger partial charge in [-0.05, 0) is 50.6 Å². The summed E-state index contributed by atoms with van der Waals surface area (Å²) in [5.74, 6) is 1.26. The van der Waals surface area contributed by atoms with Crippen LogP contribution in [0.25, 0.3) is 10.9 Å². The van der Waals surface area contributed by atoms with Crippen LogP contribution in [-0.4, -0.2) is 19.9 Å². The molecule has 0 saturated carbocycles. The molecule has 0 radical (unpaired) electrons. The summed E-state index contributed by atoms with van der Waals surface area (Å²) in [5.41, 5.74) is 8.60. The SMILES string of the molecule is Cc1cc(On2cnc(C)n2)c2cccc(OCc3c(Cl)cc(F)cc3[C@H](C)N)c2n1. The molecule has 31 heavy (non-hydrogen) atoms. The number of aromatic nitrogens is 4. The first-order chi connectivity index (χ1) is 14.8. The second kappa shape index (κ2) is 8.49. The maximum atomic E-state index is 13.8. The van der Waals surface area contributed by atoms with E-state index in [1.807, 2.05) is 25.1 Å². The van der Waals surface area contributed by atoms with Crippen LogP contribution in [0.2, 0.25) is 5.02 Å². The van der Waals surface area contributed by atoms with Crippen molar-refractivity contribution < 1.29 is 14.0 Å². The predicted molar refractivity (Wildman–Crippen MR) is 116 cm³/mol. The van der Waals surface area contributed by atoms with Crippen LogP contribution in [0.1, 0.15) is 35.6 Å². The number of nitrogens with two attached hydrogens (primary N) is 1. The lowest BCUT2D eigenvalue weighted by atomic mass is 10.0. The minimum absolute atomic E-state index is 0.114. The fraction of sp³-hybridized carbons (Fsp3) is 0.227. The number of nitrogens with zero attached hydrogens (tertiary/aromatic N) is 4. The highest BCUT2D eigenvalue weighted by Gasteiger charge is 2.16. The van der Waals surface area contributed by atoms with E-state index in [9.17, 15) is 4.39 Å². The molecule has 0 unspecified atom stereocenters. The lowest BCUT2D eigenvalue weighted by molar-refractivity contribution is 0.179. The summed E-state index contributed by atoms with van der Waals surface area (Å²) >= 11 is 6.28. The molecule has 0 saturated heterocycles. The molecule has 0 aliphatic rings. The van der Waals surface area contributed by atoms with Crippen molar-refractivity contribution >= 4 is 22.5 Å². The number of halogens is 2. The third kappa shape index (κ3) is 4.45. The van der Waals surface area contributed by atoms with Gasteiger partial charge in [0.2, 0.25) is 0 Å². The normalized spacial score (nSPS) is 12.2. The summed E-state index contributed by atoms with van der Waals surface area (Å²) in [6.07, 6.45) is 1.49. The molecule has 7 nitrogen and oxygen atoms in total. The number of hydrogen-bond acceptors (Lipinski definition) is 6. The van der Waals surface area contributed by atoms with Crippen LogP contribution in [-0.2, 0) is 6.61 Å². The smallest absolute Gasteiger partial charge is 0.169 e. The number of pyridine rings is 1. The van der Waals surface area contributed by atoms with Gasteiger partial charge >= 0.3 is 0 Å². The molecule has 4 aromatic rings. The van der Waals surface area contributed by atoms with Crippen molar-refractivity contribution in [3.05, 3.63) is 76.2 Å².